The Labute approximate surface area is 356 Å². The zero-order chi connectivity index (χ0) is 42.4. The summed E-state index contributed by atoms with van der Waals surface area (Å²) < 4.78 is 30.2. The van der Waals surface area contributed by atoms with Crippen molar-refractivity contribution in [2.24, 2.45) is 0 Å². The Morgan fingerprint density at radius 3 is 1.15 bits per heavy atom. The lowest BCUT2D eigenvalue weighted by atomic mass is 10.0. The molecule has 4 atom stereocenters. The summed E-state index contributed by atoms with van der Waals surface area (Å²) in [5, 5.41) is 3.95. The molecule has 4 aromatic heterocycles. The van der Waals surface area contributed by atoms with E-state index in [2.05, 4.69) is 19.9 Å². The molecule has 9 rings (SSSR count). The third-order valence-corrected chi connectivity index (χ3v) is 11.5. The van der Waals surface area contributed by atoms with Crippen molar-refractivity contribution in [3.63, 3.8) is 0 Å². The Kier molecular flexibility index (Phi) is 11.9. The first-order valence-corrected chi connectivity index (χ1v) is 21.0. The van der Waals surface area contributed by atoms with Gasteiger partial charge in [-0.1, -0.05) is 72.8 Å². The van der Waals surface area contributed by atoms with Gasteiger partial charge in [0.25, 0.3) is 0 Å². The molecule has 13 heteroatoms. The van der Waals surface area contributed by atoms with Gasteiger partial charge >= 0.3 is 23.9 Å². The molecule has 0 bridgehead atoms. The van der Waals surface area contributed by atoms with Crippen LogP contribution in [-0.2, 0) is 68.5 Å². The first-order valence-electron chi connectivity index (χ1n) is 21.0. The van der Waals surface area contributed by atoms with Gasteiger partial charge in [0.15, 0.2) is 12.2 Å². The number of hydrogen-bond acceptors (Lipinski definition) is 9. The zero-order valence-electron chi connectivity index (χ0n) is 33.9. The molecule has 0 radical (unpaired) electrons. The summed E-state index contributed by atoms with van der Waals surface area (Å²) in [5.41, 5.74) is 7.49. The maximum atomic E-state index is 13.8. The monoisotopic (exact) mass is 834 g/mol. The highest BCUT2D eigenvalue weighted by Gasteiger charge is 2.49. The number of esters is 4. The largest absolute Gasteiger partial charge is 0.456 e. The molecular formula is C49H46N4O9. The number of nitrogens with one attached hydrogen (secondary N) is 4. The third kappa shape index (κ3) is 8.98. The molecule has 0 saturated carbocycles. The van der Waals surface area contributed by atoms with Gasteiger partial charge in [0.2, 0.25) is 12.4 Å². The van der Waals surface area contributed by atoms with Crippen LogP contribution in [0.3, 0.4) is 0 Å². The highest BCUT2D eigenvalue weighted by molar-refractivity contribution is 5.86. The van der Waals surface area contributed by atoms with E-state index in [9.17, 15) is 19.2 Å². The predicted octanol–water partition coefficient (Wildman–Crippen LogP) is 8.08. The number of aryl methyl sites for hydroxylation is 4. The van der Waals surface area contributed by atoms with Crippen molar-refractivity contribution in [2.75, 3.05) is 6.61 Å². The molecule has 62 heavy (non-hydrogen) atoms. The van der Waals surface area contributed by atoms with Crippen molar-refractivity contribution >= 4 is 67.5 Å². The van der Waals surface area contributed by atoms with Crippen LogP contribution in [-0.4, -0.2) is 75.0 Å². The van der Waals surface area contributed by atoms with Crippen LogP contribution in [0.2, 0.25) is 0 Å². The van der Waals surface area contributed by atoms with Gasteiger partial charge in [0.1, 0.15) is 0 Å². The molecular weight excluding hydrogens is 789 g/mol. The van der Waals surface area contributed by atoms with Gasteiger partial charge < -0.3 is 43.6 Å². The summed E-state index contributed by atoms with van der Waals surface area (Å²) in [6.07, 6.45) is 3.33. The molecule has 5 heterocycles. The van der Waals surface area contributed by atoms with Crippen molar-refractivity contribution in [3.05, 3.63) is 144 Å². The number of aromatic amines is 4. The molecule has 4 aromatic carbocycles. The minimum atomic E-state index is -1.46. The fraction of sp³-hybridized carbons (Fsp3) is 0.265. The quantitative estimate of drug-likeness (QED) is 0.0554. The van der Waals surface area contributed by atoms with Crippen LogP contribution >= 0.6 is 0 Å². The van der Waals surface area contributed by atoms with Crippen LogP contribution in [0.4, 0.5) is 0 Å². The van der Waals surface area contributed by atoms with Crippen molar-refractivity contribution < 1.29 is 42.9 Å². The van der Waals surface area contributed by atoms with Gasteiger partial charge in [0.05, 0.1) is 6.61 Å². The fourth-order valence-electron chi connectivity index (χ4n) is 8.35. The van der Waals surface area contributed by atoms with Crippen molar-refractivity contribution in [3.8, 4) is 0 Å². The number of aromatic nitrogens is 4. The fourth-order valence-corrected chi connectivity index (χ4v) is 8.35. The molecule has 1 fully saturated rings. The van der Waals surface area contributed by atoms with Gasteiger partial charge in [-0.2, -0.15) is 0 Å². The van der Waals surface area contributed by atoms with Crippen LogP contribution < -0.4 is 0 Å². The van der Waals surface area contributed by atoms with Crippen molar-refractivity contribution in [2.45, 2.75) is 76.0 Å². The number of hydrogen-bond donors (Lipinski definition) is 4. The summed E-state index contributed by atoms with van der Waals surface area (Å²) in [5.74, 6) is -2.44. The SMILES string of the molecule is O=C(CCc1c[nH]c2ccccc12)O[C@H]1OC[C@H](OC(=O)CCc2c[nH]c3ccccc23)[C@H](OC(=O)CCc2c[nH]c3ccccc23)[C@H]1OC(=O)CCc1c[nH]c2ccccc12. The second-order valence-electron chi connectivity index (χ2n) is 15.6. The van der Waals surface area contributed by atoms with E-state index >= 15 is 0 Å². The van der Waals surface area contributed by atoms with E-state index in [0.717, 1.165) is 65.9 Å². The topological polar surface area (TPSA) is 178 Å². The molecule has 0 spiro atoms. The maximum Gasteiger partial charge on any atom is 0.308 e. The number of carbonyl (C=O) groups is 4. The predicted molar refractivity (Wildman–Crippen MR) is 232 cm³/mol. The lowest BCUT2D eigenvalue weighted by molar-refractivity contribution is -0.275. The number of ether oxygens (including phenoxy) is 5. The molecule has 8 aromatic rings. The van der Waals surface area contributed by atoms with Crippen LogP contribution in [0.15, 0.2) is 122 Å². The number of fused-ring (bicyclic) bond motifs is 4. The second-order valence-corrected chi connectivity index (χ2v) is 15.6. The molecule has 316 valence electrons. The average molecular weight is 835 g/mol. The first-order chi connectivity index (χ1) is 30.4. The zero-order valence-corrected chi connectivity index (χ0v) is 33.9. The molecule has 13 nitrogen and oxygen atoms in total. The molecule has 4 N–H and O–H groups in total. The summed E-state index contributed by atoms with van der Waals surface area (Å²) in [6, 6.07) is 31.1. The van der Waals surface area contributed by atoms with Gasteiger partial charge in [0, 0.05) is 94.1 Å². The Morgan fingerprint density at radius 1 is 0.435 bits per heavy atom. The number of rotatable bonds is 16. The van der Waals surface area contributed by atoms with E-state index in [0.29, 0.717) is 25.7 Å². The highest BCUT2D eigenvalue weighted by atomic mass is 16.7. The van der Waals surface area contributed by atoms with Crippen LogP contribution in [0, 0.1) is 0 Å². The summed E-state index contributed by atoms with van der Waals surface area (Å²) in [6.45, 7) is -0.289. The smallest absolute Gasteiger partial charge is 0.308 e. The summed E-state index contributed by atoms with van der Waals surface area (Å²) >= 11 is 0. The maximum absolute atomic E-state index is 13.8. The van der Waals surface area contributed by atoms with Gasteiger partial charge in [-0.05, 0) is 72.2 Å². The molecule has 0 amide bonds. The lowest BCUT2D eigenvalue weighted by Crippen LogP contribution is -2.58. The van der Waals surface area contributed by atoms with Gasteiger partial charge in [-0.3, -0.25) is 19.2 Å². The van der Waals surface area contributed by atoms with E-state index in [1.165, 1.54) is 0 Å². The molecule has 0 unspecified atom stereocenters. The van der Waals surface area contributed by atoms with E-state index in [-0.39, 0.29) is 32.3 Å². The normalized spacial score (nSPS) is 17.7. The number of benzene rings is 4. The molecule has 1 aliphatic rings. The molecule has 0 aliphatic carbocycles. The highest BCUT2D eigenvalue weighted by Crippen LogP contribution is 2.29. The van der Waals surface area contributed by atoms with E-state index in [1.807, 2.05) is 122 Å². The minimum Gasteiger partial charge on any atom is -0.456 e. The van der Waals surface area contributed by atoms with Gasteiger partial charge in [-0.15, -0.1) is 0 Å². The Hall–Kier alpha value is -7.12. The van der Waals surface area contributed by atoms with Crippen LogP contribution in [0.25, 0.3) is 43.6 Å². The van der Waals surface area contributed by atoms with Crippen molar-refractivity contribution in [1.29, 1.82) is 0 Å². The van der Waals surface area contributed by atoms with E-state index < -0.39 is 48.5 Å². The second kappa shape index (κ2) is 18.2. The molecule has 1 aliphatic heterocycles. The average Bonchev–Trinajstić information content (AvgIpc) is 4.10. The van der Waals surface area contributed by atoms with Crippen LogP contribution in [0.5, 0.6) is 0 Å². The first kappa shape index (κ1) is 40.3. The number of H-pyrrole nitrogens is 4. The summed E-state index contributed by atoms with van der Waals surface area (Å²) in [7, 11) is 0. The van der Waals surface area contributed by atoms with Crippen molar-refractivity contribution in [1.82, 2.24) is 19.9 Å². The lowest BCUT2D eigenvalue weighted by Gasteiger charge is -2.40. The summed E-state index contributed by atoms with van der Waals surface area (Å²) in [4.78, 5) is 67.6. The Bertz CT molecular complexity index is 2670. The van der Waals surface area contributed by atoms with Gasteiger partial charge in [-0.25, -0.2) is 0 Å². The Morgan fingerprint density at radius 2 is 0.758 bits per heavy atom. The minimum absolute atomic E-state index is 0.00966. The van der Waals surface area contributed by atoms with E-state index in [1.54, 1.807) is 0 Å². The van der Waals surface area contributed by atoms with E-state index in [4.69, 9.17) is 23.7 Å². The standard InChI is InChI=1S/C49H46N4O9/c54-43(21-17-30-25-50-38-13-5-1-9-34(30)38)59-42-29-58-49(62-46(57)24-20-33-28-53-41-16-8-4-12-37(33)41)48(61-45(56)23-19-32-27-52-40-15-7-3-11-36(32)40)47(42)60-44(55)22-18-31-26-51-39-14-6-2-10-35(31)39/h1-16,25-28,42,47-53H,17-24,29H2/t42-,47-,48+,49+/m0/s1. The van der Waals surface area contributed by atoms with Crippen LogP contribution in [0.1, 0.15) is 47.9 Å². The third-order valence-electron chi connectivity index (χ3n) is 11.5. The molecule has 1 saturated heterocycles. The number of para-hydroxylation sites is 4. The Balaban J connectivity index is 0.946. The number of carbonyl (C=O) groups excluding carboxylic acids is 4.